The zero-order valence-corrected chi connectivity index (χ0v) is 16.9. The van der Waals surface area contributed by atoms with Crippen molar-refractivity contribution in [1.82, 2.24) is 9.47 Å². The van der Waals surface area contributed by atoms with E-state index in [1.807, 2.05) is 0 Å². The zero-order chi connectivity index (χ0) is 17.6. The minimum Gasteiger partial charge on any atom is -0.314 e. The Balaban J connectivity index is 1.78. The molecule has 4 heteroatoms. The average Bonchev–Trinajstić information content (AvgIpc) is 2.96. The third-order valence-corrected chi connectivity index (χ3v) is 6.22. The van der Waals surface area contributed by atoms with E-state index in [4.69, 9.17) is 4.99 Å². The highest BCUT2D eigenvalue weighted by Gasteiger charge is 2.31. The Morgan fingerprint density at radius 3 is 3.00 bits per heavy atom. The molecular formula is C21H26BrN3. The molecule has 25 heavy (non-hydrogen) atoms. The molecule has 3 aliphatic rings. The van der Waals surface area contributed by atoms with E-state index in [1.165, 1.54) is 41.1 Å². The van der Waals surface area contributed by atoms with Crippen LogP contribution < -0.4 is 0 Å². The summed E-state index contributed by atoms with van der Waals surface area (Å²) in [4.78, 5) is 7.37. The van der Waals surface area contributed by atoms with E-state index in [9.17, 15) is 0 Å². The largest absolute Gasteiger partial charge is 0.314 e. The van der Waals surface area contributed by atoms with Crippen LogP contribution in [0.1, 0.15) is 37.4 Å². The van der Waals surface area contributed by atoms with Gasteiger partial charge in [0, 0.05) is 17.7 Å². The van der Waals surface area contributed by atoms with Crippen LogP contribution in [0, 0.1) is 11.8 Å². The highest BCUT2D eigenvalue weighted by atomic mass is 79.9. The van der Waals surface area contributed by atoms with Gasteiger partial charge in [0.05, 0.1) is 17.1 Å². The Bertz CT molecular complexity index is 807. The van der Waals surface area contributed by atoms with Gasteiger partial charge in [0.1, 0.15) is 4.62 Å². The number of aryl methyl sites for hydroxylation is 1. The second kappa shape index (κ2) is 6.73. The van der Waals surface area contributed by atoms with E-state index in [0.717, 1.165) is 24.0 Å². The van der Waals surface area contributed by atoms with E-state index in [2.05, 4.69) is 76.9 Å². The van der Waals surface area contributed by atoms with Gasteiger partial charge in [0.15, 0.2) is 0 Å². The molecule has 0 fully saturated rings. The molecule has 2 atom stereocenters. The second-order valence-corrected chi connectivity index (χ2v) is 8.41. The number of hydrogen-bond donors (Lipinski definition) is 0. The standard InChI is InChI=1S/C21H26BrN3/c1-14-9-10-18-19(16(14)8-5-12-24(2)3)23-21(22)17-7-4-6-15-11-13-25(18)20(15)17/h7,9-11,13-14,16H,4-6,8,12H2,1-3H3. The fourth-order valence-corrected chi connectivity index (χ4v) is 4.81. The predicted octanol–water partition coefficient (Wildman–Crippen LogP) is 4.96. The average molecular weight is 400 g/mol. The second-order valence-electron chi connectivity index (χ2n) is 7.66. The molecule has 1 aromatic rings. The van der Waals surface area contributed by atoms with Gasteiger partial charge in [0.25, 0.3) is 0 Å². The maximum Gasteiger partial charge on any atom is 0.115 e. The predicted molar refractivity (Wildman–Crippen MR) is 110 cm³/mol. The minimum absolute atomic E-state index is 0.478. The third-order valence-electron chi connectivity index (χ3n) is 5.61. The maximum absolute atomic E-state index is 5.10. The Morgan fingerprint density at radius 1 is 1.36 bits per heavy atom. The number of hydrogen-bond acceptors (Lipinski definition) is 2. The first-order valence-corrected chi connectivity index (χ1v) is 10.1. The molecule has 4 rings (SSSR count). The summed E-state index contributed by atoms with van der Waals surface area (Å²) < 4.78 is 3.37. The first-order valence-electron chi connectivity index (χ1n) is 9.29. The fourth-order valence-electron chi connectivity index (χ4n) is 4.27. The molecule has 2 heterocycles. The van der Waals surface area contributed by atoms with Gasteiger partial charge < -0.3 is 9.47 Å². The van der Waals surface area contributed by atoms with Gasteiger partial charge in [-0.2, -0.15) is 0 Å². The number of halogens is 1. The zero-order valence-electron chi connectivity index (χ0n) is 15.3. The minimum atomic E-state index is 0.478. The molecule has 3 nitrogen and oxygen atoms in total. The lowest BCUT2D eigenvalue weighted by Gasteiger charge is -2.28. The number of nitrogens with zero attached hydrogens (tertiary/aromatic N) is 3. The summed E-state index contributed by atoms with van der Waals surface area (Å²) in [5, 5.41) is 0. The molecule has 2 aliphatic carbocycles. The van der Waals surface area contributed by atoms with Crippen molar-refractivity contribution in [3.05, 3.63) is 47.4 Å². The lowest BCUT2D eigenvalue weighted by atomic mass is 9.82. The molecule has 1 aliphatic heterocycles. The van der Waals surface area contributed by atoms with E-state index >= 15 is 0 Å². The molecule has 0 bridgehead atoms. The van der Waals surface area contributed by atoms with E-state index < -0.39 is 0 Å². The number of aliphatic imine (C=N–C) groups is 1. The van der Waals surface area contributed by atoms with Crippen LogP contribution in [0.25, 0.3) is 11.3 Å². The van der Waals surface area contributed by atoms with Gasteiger partial charge in [-0.05, 0) is 85.9 Å². The van der Waals surface area contributed by atoms with Gasteiger partial charge >= 0.3 is 0 Å². The summed E-state index contributed by atoms with van der Waals surface area (Å²) in [6, 6.07) is 2.28. The van der Waals surface area contributed by atoms with Crippen LogP contribution in [0.4, 0.5) is 0 Å². The number of allylic oxidation sites excluding steroid dienone is 6. The highest BCUT2D eigenvalue weighted by Crippen LogP contribution is 2.42. The number of rotatable bonds is 4. The number of aromatic nitrogens is 1. The van der Waals surface area contributed by atoms with E-state index in [0.29, 0.717) is 11.8 Å². The lowest BCUT2D eigenvalue weighted by Crippen LogP contribution is -2.20. The Labute approximate surface area is 158 Å². The Kier molecular flexibility index (Phi) is 4.59. The molecule has 0 saturated heterocycles. The SMILES string of the molecule is CC1C=CC2=C(N=C(Br)C3=CCCc4ccn2c43)C1CCCN(C)C. The molecule has 0 aromatic carbocycles. The van der Waals surface area contributed by atoms with Crippen molar-refractivity contribution in [2.45, 2.75) is 32.6 Å². The van der Waals surface area contributed by atoms with Gasteiger partial charge in [-0.3, -0.25) is 0 Å². The van der Waals surface area contributed by atoms with Crippen LogP contribution >= 0.6 is 15.9 Å². The molecule has 2 unspecified atom stereocenters. The Hall–Kier alpha value is -1.39. The van der Waals surface area contributed by atoms with Crippen LogP contribution in [0.5, 0.6) is 0 Å². The molecule has 0 saturated carbocycles. The van der Waals surface area contributed by atoms with Crippen molar-refractivity contribution in [1.29, 1.82) is 0 Å². The van der Waals surface area contributed by atoms with Crippen molar-refractivity contribution < 1.29 is 0 Å². The van der Waals surface area contributed by atoms with Crippen LogP contribution in [0.3, 0.4) is 0 Å². The summed E-state index contributed by atoms with van der Waals surface area (Å²) in [5.41, 5.74) is 6.53. The quantitative estimate of drug-likeness (QED) is 0.700. The summed E-state index contributed by atoms with van der Waals surface area (Å²) >= 11 is 3.79. The topological polar surface area (TPSA) is 20.5 Å². The summed E-state index contributed by atoms with van der Waals surface area (Å²) in [6.07, 6.45) is 13.8. The smallest absolute Gasteiger partial charge is 0.115 e. The maximum atomic E-state index is 5.10. The molecule has 0 amide bonds. The van der Waals surface area contributed by atoms with Gasteiger partial charge in [0.2, 0.25) is 0 Å². The summed E-state index contributed by atoms with van der Waals surface area (Å²) in [5.74, 6) is 1.01. The van der Waals surface area contributed by atoms with Crippen LogP contribution in [0.15, 0.2) is 41.2 Å². The van der Waals surface area contributed by atoms with Crippen molar-refractivity contribution >= 4 is 31.8 Å². The molecule has 1 aromatic heterocycles. The molecular weight excluding hydrogens is 374 g/mol. The summed E-state index contributed by atoms with van der Waals surface area (Å²) in [7, 11) is 4.30. The highest BCUT2D eigenvalue weighted by molar-refractivity contribution is 9.18. The van der Waals surface area contributed by atoms with Gasteiger partial charge in [-0.1, -0.05) is 19.1 Å². The van der Waals surface area contributed by atoms with Crippen LogP contribution in [0.2, 0.25) is 0 Å². The van der Waals surface area contributed by atoms with Crippen LogP contribution in [-0.2, 0) is 6.42 Å². The van der Waals surface area contributed by atoms with Crippen molar-refractivity contribution in [2.24, 2.45) is 16.8 Å². The number of fused-ring (bicyclic) bond motifs is 1. The van der Waals surface area contributed by atoms with Gasteiger partial charge in [-0.15, -0.1) is 0 Å². The van der Waals surface area contributed by atoms with E-state index in [1.54, 1.807) is 0 Å². The molecule has 0 N–H and O–H groups in total. The van der Waals surface area contributed by atoms with Crippen molar-refractivity contribution in [2.75, 3.05) is 20.6 Å². The fraction of sp³-hybridized carbons (Fsp3) is 0.476. The van der Waals surface area contributed by atoms with Crippen LogP contribution in [-0.4, -0.2) is 34.7 Å². The molecule has 132 valence electrons. The Morgan fingerprint density at radius 2 is 2.20 bits per heavy atom. The van der Waals surface area contributed by atoms with Gasteiger partial charge in [-0.25, -0.2) is 4.99 Å². The first-order chi connectivity index (χ1) is 12.1. The lowest BCUT2D eigenvalue weighted by molar-refractivity contribution is 0.356. The van der Waals surface area contributed by atoms with E-state index in [-0.39, 0.29) is 0 Å². The third kappa shape index (κ3) is 3.00. The van der Waals surface area contributed by atoms with Crippen molar-refractivity contribution in [3.8, 4) is 0 Å². The normalized spacial score (nSPS) is 24.7. The monoisotopic (exact) mass is 399 g/mol. The summed E-state index contributed by atoms with van der Waals surface area (Å²) in [6.45, 7) is 3.45. The van der Waals surface area contributed by atoms with Crippen molar-refractivity contribution in [3.63, 3.8) is 0 Å². The molecule has 0 spiro atoms. The molecule has 0 radical (unpaired) electrons. The first kappa shape index (κ1) is 17.0.